The molecule has 0 amide bonds. The maximum atomic E-state index is 8.88. The summed E-state index contributed by atoms with van der Waals surface area (Å²) in [5.41, 5.74) is 1.45. The van der Waals surface area contributed by atoms with E-state index < -0.39 is 0 Å². The number of rotatable bonds is 3. The predicted molar refractivity (Wildman–Crippen MR) is 65.8 cm³/mol. The van der Waals surface area contributed by atoms with Crippen LogP contribution in [0.1, 0.15) is 10.8 Å². The van der Waals surface area contributed by atoms with Crippen molar-refractivity contribution in [1.82, 2.24) is 0 Å². The summed E-state index contributed by atoms with van der Waals surface area (Å²) in [6, 6.07) is 10.7. The average Bonchev–Trinajstić information content (AvgIpc) is 2.68. The number of hydrogen-bond donors (Lipinski definition) is 1. The van der Waals surface area contributed by atoms with Crippen molar-refractivity contribution in [3.8, 4) is 0 Å². The van der Waals surface area contributed by atoms with Crippen LogP contribution in [0.2, 0.25) is 0 Å². The molecule has 2 rings (SSSR count). The lowest BCUT2D eigenvalue weighted by Crippen LogP contribution is -2.13. The first-order chi connectivity index (χ1) is 6.90. The van der Waals surface area contributed by atoms with Crippen LogP contribution in [0.5, 0.6) is 0 Å². The smallest absolute Gasteiger partial charge is 0.154 e. The van der Waals surface area contributed by atoms with Gasteiger partial charge >= 0.3 is 0 Å². The zero-order valence-corrected chi connectivity index (χ0v) is 9.69. The van der Waals surface area contributed by atoms with Crippen molar-refractivity contribution in [1.29, 1.82) is 0 Å². The summed E-state index contributed by atoms with van der Waals surface area (Å²) in [5.74, 6) is 2.26. The van der Waals surface area contributed by atoms with Gasteiger partial charge in [0.25, 0.3) is 0 Å². The standard InChI is InChI=1S/C11H15OS2/c12-6-7-14-8-11(13-9-14)10-4-2-1-3-5-10/h1-5,11-12H,6-9H2/q+1. The normalized spacial score (nSPS) is 26.6. The molecule has 1 aromatic carbocycles. The molecule has 2 unspecified atom stereocenters. The lowest BCUT2D eigenvalue weighted by Gasteiger charge is -2.04. The summed E-state index contributed by atoms with van der Waals surface area (Å²) in [5, 5.41) is 10.8. The van der Waals surface area contributed by atoms with Crippen molar-refractivity contribution >= 4 is 22.7 Å². The van der Waals surface area contributed by atoms with E-state index in [0.717, 1.165) is 5.75 Å². The molecule has 0 spiro atoms. The second-order valence-electron chi connectivity index (χ2n) is 3.39. The minimum absolute atomic E-state index is 0.352. The molecule has 0 bridgehead atoms. The third-order valence-corrected chi connectivity index (χ3v) is 6.87. The summed E-state index contributed by atoms with van der Waals surface area (Å²) in [4.78, 5) is 0. The van der Waals surface area contributed by atoms with Gasteiger partial charge in [0.2, 0.25) is 0 Å². The highest BCUT2D eigenvalue weighted by atomic mass is 32.2. The van der Waals surface area contributed by atoms with E-state index in [1.807, 2.05) is 11.8 Å². The number of benzene rings is 1. The highest BCUT2D eigenvalue weighted by molar-refractivity contribution is 8.17. The molecule has 0 saturated carbocycles. The monoisotopic (exact) mass is 227 g/mol. The molecule has 1 heterocycles. The molecule has 1 aliphatic heterocycles. The highest BCUT2D eigenvalue weighted by Crippen LogP contribution is 2.38. The molecule has 1 N–H and O–H groups in total. The second-order valence-corrected chi connectivity index (χ2v) is 7.20. The Morgan fingerprint density at radius 2 is 2.14 bits per heavy atom. The van der Waals surface area contributed by atoms with Crippen molar-refractivity contribution in [2.75, 3.05) is 23.2 Å². The van der Waals surface area contributed by atoms with Gasteiger partial charge in [-0.2, -0.15) is 0 Å². The van der Waals surface area contributed by atoms with Crippen LogP contribution in [0.4, 0.5) is 0 Å². The van der Waals surface area contributed by atoms with Crippen molar-refractivity contribution in [3.05, 3.63) is 35.9 Å². The Hall–Kier alpha value is -0.120. The van der Waals surface area contributed by atoms with E-state index in [-0.39, 0.29) is 0 Å². The Labute approximate surface area is 92.3 Å². The molecule has 0 aliphatic carbocycles. The van der Waals surface area contributed by atoms with Crippen LogP contribution in [0.3, 0.4) is 0 Å². The molecule has 1 aliphatic rings. The maximum Gasteiger partial charge on any atom is 0.154 e. The van der Waals surface area contributed by atoms with Crippen molar-refractivity contribution in [3.63, 3.8) is 0 Å². The molecule has 0 radical (unpaired) electrons. The lowest BCUT2D eigenvalue weighted by molar-refractivity contribution is 0.322. The SMILES string of the molecule is OCC[S+]1CSC(c2ccccc2)C1. The fourth-order valence-corrected chi connectivity index (χ4v) is 6.26. The van der Waals surface area contributed by atoms with Gasteiger partial charge in [0.15, 0.2) is 5.08 Å². The molecule has 3 heteroatoms. The molecule has 0 aromatic heterocycles. The van der Waals surface area contributed by atoms with Crippen LogP contribution >= 0.6 is 11.8 Å². The first kappa shape index (κ1) is 10.4. The van der Waals surface area contributed by atoms with Crippen molar-refractivity contribution in [2.24, 2.45) is 0 Å². The Balaban J connectivity index is 1.96. The topological polar surface area (TPSA) is 20.2 Å². The molecule has 1 fully saturated rings. The van der Waals surface area contributed by atoms with E-state index in [1.54, 1.807) is 0 Å². The molecule has 1 saturated heterocycles. The molecule has 1 nitrogen and oxygen atoms in total. The van der Waals surface area contributed by atoms with E-state index >= 15 is 0 Å². The molecule has 14 heavy (non-hydrogen) atoms. The van der Waals surface area contributed by atoms with E-state index in [1.165, 1.54) is 16.4 Å². The Morgan fingerprint density at radius 1 is 1.36 bits per heavy atom. The van der Waals surface area contributed by atoms with Crippen molar-refractivity contribution in [2.45, 2.75) is 5.25 Å². The largest absolute Gasteiger partial charge is 0.391 e. The Kier molecular flexibility index (Phi) is 3.79. The fourth-order valence-electron chi connectivity index (χ4n) is 1.62. The number of aliphatic hydroxyl groups is 1. The molecule has 2 atom stereocenters. The number of aliphatic hydroxyl groups excluding tert-OH is 1. The van der Waals surface area contributed by atoms with Gasteiger partial charge in [0.1, 0.15) is 11.5 Å². The minimum Gasteiger partial charge on any atom is -0.391 e. The third-order valence-electron chi connectivity index (χ3n) is 2.37. The van der Waals surface area contributed by atoms with Crippen LogP contribution in [0.15, 0.2) is 30.3 Å². The average molecular weight is 227 g/mol. The Bertz CT molecular complexity index is 276. The van der Waals surface area contributed by atoms with Crippen LogP contribution in [-0.2, 0) is 10.9 Å². The summed E-state index contributed by atoms with van der Waals surface area (Å²) in [6.45, 7) is 0.352. The van der Waals surface area contributed by atoms with Gasteiger partial charge in [-0.3, -0.25) is 0 Å². The molecule has 1 aromatic rings. The Morgan fingerprint density at radius 3 is 2.86 bits per heavy atom. The first-order valence-electron chi connectivity index (χ1n) is 4.81. The van der Waals surface area contributed by atoms with Crippen LogP contribution in [0, 0.1) is 0 Å². The lowest BCUT2D eigenvalue weighted by atomic mass is 10.2. The second kappa shape index (κ2) is 5.10. The fraction of sp³-hybridized carbons (Fsp3) is 0.455. The van der Waals surface area contributed by atoms with E-state index in [9.17, 15) is 0 Å². The molecular formula is C11H15OS2+. The summed E-state index contributed by atoms with van der Waals surface area (Å²) < 4.78 is 0. The summed E-state index contributed by atoms with van der Waals surface area (Å²) in [7, 11) is 0.455. The van der Waals surface area contributed by atoms with E-state index in [0.29, 0.717) is 22.8 Å². The summed E-state index contributed by atoms with van der Waals surface area (Å²) in [6.07, 6.45) is 0. The first-order valence-corrected chi connectivity index (χ1v) is 7.60. The van der Waals surface area contributed by atoms with E-state index in [4.69, 9.17) is 5.11 Å². The van der Waals surface area contributed by atoms with Gasteiger partial charge in [-0.15, -0.1) is 0 Å². The highest BCUT2D eigenvalue weighted by Gasteiger charge is 2.33. The minimum atomic E-state index is 0.352. The van der Waals surface area contributed by atoms with Gasteiger partial charge in [-0.25, -0.2) is 0 Å². The van der Waals surface area contributed by atoms with E-state index in [2.05, 4.69) is 30.3 Å². The van der Waals surface area contributed by atoms with Crippen LogP contribution < -0.4 is 0 Å². The maximum absolute atomic E-state index is 8.88. The predicted octanol–water partition coefficient (Wildman–Crippen LogP) is 2.04. The third kappa shape index (κ3) is 2.47. The van der Waals surface area contributed by atoms with Gasteiger partial charge in [-0.1, -0.05) is 42.1 Å². The van der Waals surface area contributed by atoms with Crippen LogP contribution in [0.25, 0.3) is 0 Å². The van der Waals surface area contributed by atoms with Gasteiger partial charge in [-0.05, 0) is 5.56 Å². The number of thioether (sulfide) groups is 1. The zero-order chi connectivity index (χ0) is 9.80. The molecular weight excluding hydrogens is 212 g/mol. The van der Waals surface area contributed by atoms with Gasteiger partial charge in [0, 0.05) is 10.9 Å². The quantitative estimate of drug-likeness (QED) is 0.798. The van der Waals surface area contributed by atoms with Gasteiger partial charge in [0.05, 0.1) is 11.9 Å². The molecule has 76 valence electrons. The summed E-state index contributed by atoms with van der Waals surface area (Å²) >= 11 is 2.04. The van der Waals surface area contributed by atoms with Crippen LogP contribution in [-0.4, -0.2) is 28.3 Å². The van der Waals surface area contributed by atoms with Gasteiger partial charge < -0.3 is 5.11 Å². The number of hydrogen-bond acceptors (Lipinski definition) is 2. The zero-order valence-electron chi connectivity index (χ0n) is 8.06. The van der Waals surface area contributed by atoms with Crippen molar-refractivity contribution < 1.29 is 5.11 Å².